The van der Waals surface area contributed by atoms with Crippen LogP contribution < -0.4 is 10.6 Å². The van der Waals surface area contributed by atoms with E-state index in [1.807, 2.05) is 42.9 Å². The fraction of sp³-hybridized carbons (Fsp3) is 0.176. The number of nitrogens with one attached hydrogen (secondary N) is 2. The highest BCUT2D eigenvalue weighted by Crippen LogP contribution is 2.27. The van der Waals surface area contributed by atoms with Gasteiger partial charge in [0, 0.05) is 42.4 Å². The van der Waals surface area contributed by atoms with Crippen LogP contribution in [0.25, 0.3) is 0 Å². The molecule has 0 aliphatic rings. The summed E-state index contributed by atoms with van der Waals surface area (Å²) in [6.45, 7) is 2.32. The number of anilines is 1. The van der Waals surface area contributed by atoms with Crippen molar-refractivity contribution in [1.29, 1.82) is 0 Å². The van der Waals surface area contributed by atoms with E-state index in [0.717, 1.165) is 22.0 Å². The summed E-state index contributed by atoms with van der Waals surface area (Å²) in [5.41, 5.74) is 1.73. The van der Waals surface area contributed by atoms with E-state index in [1.165, 1.54) is 11.8 Å². The molecule has 7 nitrogen and oxygen atoms in total. The first-order valence-electron chi connectivity index (χ1n) is 7.68. The number of aryl methyl sites for hydroxylation is 2. The van der Waals surface area contributed by atoms with Gasteiger partial charge in [0.1, 0.15) is 5.82 Å². The Balaban J connectivity index is 1.59. The second-order valence-corrected chi connectivity index (χ2v) is 6.41. The third-order valence-corrected chi connectivity index (χ3v) is 4.41. The maximum atomic E-state index is 12.1. The van der Waals surface area contributed by atoms with Gasteiger partial charge >= 0.3 is 6.03 Å². The molecule has 0 aliphatic carbocycles. The molecule has 3 rings (SSSR count). The summed E-state index contributed by atoms with van der Waals surface area (Å²) in [4.78, 5) is 25.6. The highest BCUT2D eigenvalue weighted by Gasteiger charge is 2.08. The van der Waals surface area contributed by atoms with Crippen molar-refractivity contribution in [2.24, 2.45) is 7.05 Å². The zero-order valence-electron chi connectivity index (χ0n) is 13.9. The fourth-order valence-corrected chi connectivity index (χ4v) is 2.99. The Labute approximate surface area is 149 Å². The molecule has 2 aromatic heterocycles. The Morgan fingerprint density at radius 3 is 2.68 bits per heavy atom. The van der Waals surface area contributed by atoms with E-state index < -0.39 is 0 Å². The van der Waals surface area contributed by atoms with Gasteiger partial charge in [-0.05, 0) is 48.5 Å². The zero-order chi connectivity index (χ0) is 17.6. The first-order valence-corrected chi connectivity index (χ1v) is 8.50. The topological polar surface area (TPSA) is 84.7 Å². The van der Waals surface area contributed by atoms with E-state index in [0.29, 0.717) is 11.7 Å². The number of aromatic nitrogens is 4. The number of urea groups is 1. The number of rotatable bonds is 5. The second kappa shape index (κ2) is 7.80. The average molecular weight is 354 g/mol. The minimum Gasteiger partial charge on any atom is -0.337 e. The number of benzene rings is 1. The van der Waals surface area contributed by atoms with Crippen molar-refractivity contribution in [3.05, 3.63) is 60.4 Å². The van der Waals surface area contributed by atoms with Crippen LogP contribution in [0.2, 0.25) is 0 Å². The number of imidazole rings is 1. The molecule has 0 saturated carbocycles. The van der Waals surface area contributed by atoms with E-state index >= 15 is 0 Å². The normalized spacial score (nSPS) is 10.5. The summed E-state index contributed by atoms with van der Waals surface area (Å²) in [7, 11) is 1.89. The first kappa shape index (κ1) is 17.0. The summed E-state index contributed by atoms with van der Waals surface area (Å²) < 4.78 is 1.86. The lowest BCUT2D eigenvalue weighted by atomic mass is 10.2. The molecule has 3 aromatic rings. The van der Waals surface area contributed by atoms with Gasteiger partial charge in [0.15, 0.2) is 5.16 Å². The van der Waals surface area contributed by atoms with Gasteiger partial charge in [-0.25, -0.2) is 19.7 Å². The number of carbonyl (C=O) groups excluding carboxylic acids is 1. The molecule has 0 fully saturated rings. The van der Waals surface area contributed by atoms with E-state index in [9.17, 15) is 4.79 Å². The minimum atomic E-state index is -0.266. The molecule has 0 aliphatic heterocycles. The van der Waals surface area contributed by atoms with Gasteiger partial charge in [-0.3, -0.25) is 0 Å². The summed E-state index contributed by atoms with van der Waals surface area (Å²) in [6, 6.07) is 7.32. The van der Waals surface area contributed by atoms with E-state index in [1.54, 1.807) is 24.7 Å². The number of amides is 2. The van der Waals surface area contributed by atoms with Gasteiger partial charge in [0.25, 0.3) is 0 Å². The highest BCUT2D eigenvalue weighted by molar-refractivity contribution is 7.99. The van der Waals surface area contributed by atoms with Crippen molar-refractivity contribution >= 4 is 23.5 Å². The molecule has 0 unspecified atom stereocenters. The number of carbonyl (C=O) groups is 1. The molecule has 0 radical (unpaired) electrons. The van der Waals surface area contributed by atoms with Crippen molar-refractivity contribution in [2.75, 3.05) is 5.32 Å². The molecule has 1 aromatic carbocycles. The maximum absolute atomic E-state index is 12.1. The Hall–Kier alpha value is -2.87. The average Bonchev–Trinajstić information content (AvgIpc) is 3.01. The van der Waals surface area contributed by atoms with Crippen molar-refractivity contribution < 1.29 is 4.79 Å². The van der Waals surface area contributed by atoms with Crippen LogP contribution in [-0.4, -0.2) is 25.6 Å². The maximum Gasteiger partial charge on any atom is 0.319 e. The van der Waals surface area contributed by atoms with Gasteiger partial charge < -0.3 is 15.2 Å². The molecular weight excluding hydrogens is 336 g/mol. The van der Waals surface area contributed by atoms with Gasteiger partial charge in [-0.2, -0.15) is 0 Å². The van der Waals surface area contributed by atoms with Gasteiger partial charge in [-0.1, -0.05) is 0 Å². The number of hydrogen-bond acceptors (Lipinski definition) is 5. The summed E-state index contributed by atoms with van der Waals surface area (Å²) in [5, 5.41) is 6.34. The van der Waals surface area contributed by atoms with Gasteiger partial charge in [0.05, 0.1) is 6.54 Å². The Morgan fingerprint density at radius 2 is 2.00 bits per heavy atom. The van der Waals surface area contributed by atoms with Crippen molar-refractivity contribution in [3.8, 4) is 0 Å². The molecule has 0 spiro atoms. The van der Waals surface area contributed by atoms with Gasteiger partial charge in [-0.15, -0.1) is 0 Å². The predicted molar refractivity (Wildman–Crippen MR) is 96.4 cm³/mol. The minimum absolute atomic E-state index is 0.266. The zero-order valence-corrected chi connectivity index (χ0v) is 14.7. The SMILES string of the molecule is Cc1cc(Sc2ncccn2)ccc1NC(=O)NCc1nccn1C. The monoisotopic (exact) mass is 354 g/mol. The number of hydrogen-bond donors (Lipinski definition) is 2. The lowest BCUT2D eigenvalue weighted by Crippen LogP contribution is -2.29. The third-order valence-electron chi connectivity index (χ3n) is 3.53. The van der Waals surface area contributed by atoms with Crippen LogP contribution in [0, 0.1) is 6.92 Å². The Bertz CT molecular complexity index is 865. The Morgan fingerprint density at radius 1 is 1.20 bits per heavy atom. The lowest BCUT2D eigenvalue weighted by molar-refractivity contribution is 0.251. The number of nitrogens with zero attached hydrogens (tertiary/aromatic N) is 4. The van der Waals surface area contributed by atoms with Gasteiger partial charge in [0.2, 0.25) is 0 Å². The van der Waals surface area contributed by atoms with Crippen LogP contribution in [-0.2, 0) is 13.6 Å². The molecule has 2 amide bonds. The van der Waals surface area contributed by atoms with E-state index in [-0.39, 0.29) is 6.03 Å². The van der Waals surface area contributed by atoms with Crippen molar-refractivity contribution in [3.63, 3.8) is 0 Å². The lowest BCUT2D eigenvalue weighted by Gasteiger charge is -2.11. The van der Waals surface area contributed by atoms with Crippen LogP contribution in [0.15, 0.2) is 59.1 Å². The van der Waals surface area contributed by atoms with Crippen LogP contribution in [0.1, 0.15) is 11.4 Å². The standard InChI is InChI=1S/C17H18N6OS/c1-12-10-13(25-17-19-6-3-7-20-17)4-5-14(12)22-16(24)21-11-15-18-8-9-23(15)2/h3-10H,11H2,1-2H3,(H2,21,22,24). The van der Waals surface area contributed by atoms with Crippen LogP contribution in [0.5, 0.6) is 0 Å². The van der Waals surface area contributed by atoms with Crippen LogP contribution in [0.4, 0.5) is 10.5 Å². The molecule has 0 saturated heterocycles. The first-order chi connectivity index (χ1) is 12.1. The molecule has 2 N–H and O–H groups in total. The summed E-state index contributed by atoms with van der Waals surface area (Å²) >= 11 is 1.48. The summed E-state index contributed by atoms with van der Waals surface area (Å²) in [5.74, 6) is 0.793. The van der Waals surface area contributed by atoms with Crippen molar-refractivity contribution in [1.82, 2.24) is 24.8 Å². The third kappa shape index (κ3) is 4.57. The van der Waals surface area contributed by atoms with E-state index in [2.05, 4.69) is 25.6 Å². The molecule has 0 atom stereocenters. The molecule has 0 bridgehead atoms. The van der Waals surface area contributed by atoms with Crippen LogP contribution in [0.3, 0.4) is 0 Å². The van der Waals surface area contributed by atoms with Crippen LogP contribution >= 0.6 is 11.8 Å². The Kier molecular flexibility index (Phi) is 5.30. The largest absolute Gasteiger partial charge is 0.337 e. The molecule has 25 heavy (non-hydrogen) atoms. The molecule has 2 heterocycles. The predicted octanol–water partition coefficient (Wildman–Crippen LogP) is 2.99. The molecule has 8 heteroatoms. The highest BCUT2D eigenvalue weighted by atomic mass is 32.2. The smallest absolute Gasteiger partial charge is 0.319 e. The molecular formula is C17H18N6OS. The second-order valence-electron chi connectivity index (χ2n) is 5.37. The molecule has 128 valence electrons. The summed E-state index contributed by atoms with van der Waals surface area (Å²) in [6.07, 6.45) is 6.96. The quantitative estimate of drug-likeness (QED) is 0.688. The van der Waals surface area contributed by atoms with Crippen molar-refractivity contribution in [2.45, 2.75) is 23.5 Å². The van der Waals surface area contributed by atoms with E-state index in [4.69, 9.17) is 0 Å². The fourth-order valence-electron chi connectivity index (χ4n) is 2.18.